The Bertz CT molecular complexity index is 862. The van der Waals surface area contributed by atoms with E-state index in [2.05, 4.69) is 0 Å². The second-order valence-electron chi connectivity index (χ2n) is 5.82. The minimum absolute atomic E-state index is 0.0160. The number of aliphatic hydroxyl groups is 1. The lowest BCUT2D eigenvalue weighted by Crippen LogP contribution is -2.33. The summed E-state index contributed by atoms with van der Waals surface area (Å²) in [7, 11) is -1.45. The fraction of sp³-hybridized carbons (Fsp3) is 0.100. The van der Waals surface area contributed by atoms with Crippen molar-refractivity contribution in [3.63, 3.8) is 0 Å². The maximum absolute atomic E-state index is 12.9. The first-order valence-electron chi connectivity index (χ1n) is 7.77. The van der Waals surface area contributed by atoms with Crippen LogP contribution in [0.3, 0.4) is 0 Å². The van der Waals surface area contributed by atoms with Crippen LogP contribution in [-0.4, -0.2) is 15.1 Å². The van der Waals surface area contributed by atoms with Crippen molar-refractivity contribution in [1.29, 1.82) is 0 Å². The normalized spacial score (nSPS) is 12.8. The Morgan fingerprint density at radius 2 is 1.04 bits per heavy atom. The van der Waals surface area contributed by atoms with Crippen LogP contribution in [0.1, 0.15) is 11.1 Å². The summed E-state index contributed by atoms with van der Waals surface area (Å²) < 4.78 is 12.9. The summed E-state index contributed by atoms with van der Waals surface area (Å²) in [5.74, 6) is -0.0160. The van der Waals surface area contributed by atoms with Gasteiger partial charge in [0.1, 0.15) is 5.60 Å². The van der Waals surface area contributed by atoms with E-state index >= 15 is 0 Å². The summed E-state index contributed by atoms with van der Waals surface area (Å²) in [4.78, 5) is 0.593. The predicted molar refractivity (Wildman–Crippen MR) is 109 cm³/mol. The summed E-state index contributed by atoms with van der Waals surface area (Å²) in [6.07, 6.45) is 0. The number of hydrogen-bond acceptors (Lipinski definition) is 2. The molecule has 0 saturated carbocycles. The predicted octanol–water partition coefficient (Wildman–Crippen LogP) is 5.69. The van der Waals surface area contributed by atoms with Crippen molar-refractivity contribution in [2.24, 2.45) is 0 Å². The molecule has 0 unspecified atom stereocenters. The third-order valence-corrected chi connectivity index (χ3v) is 6.29. The highest BCUT2D eigenvalue weighted by molar-refractivity contribution is 7.85. The molecule has 0 radical (unpaired) electrons. The Morgan fingerprint density at radius 3 is 1.42 bits per heavy atom. The molecular weight excluding hydrogens is 411 g/mol. The van der Waals surface area contributed by atoms with Crippen molar-refractivity contribution in [3.05, 3.63) is 99.0 Å². The summed E-state index contributed by atoms with van der Waals surface area (Å²) in [6, 6.07) is 20.5. The maximum atomic E-state index is 12.9. The van der Waals surface area contributed by atoms with Crippen LogP contribution in [0, 0.1) is 0 Å². The van der Waals surface area contributed by atoms with Gasteiger partial charge in [0.05, 0.1) is 16.6 Å². The Balaban J connectivity index is 2.02. The molecule has 2 nitrogen and oxygen atoms in total. The topological polar surface area (TPSA) is 37.3 Å². The molecule has 3 aromatic carbocycles. The minimum Gasteiger partial charge on any atom is -0.379 e. The average molecular weight is 426 g/mol. The van der Waals surface area contributed by atoms with Gasteiger partial charge < -0.3 is 5.11 Å². The number of hydrogen-bond donors (Lipinski definition) is 1. The molecule has 1 N–H and O–H groups in total. The first-order valence-corrected chi connectivity index (χ1v) is 10.2. The average Bonchev–Trinajstić information content (AvgIpc) is 2.63. The Morgan fingerprint density at radius 1 is 0.692 bits per heavy atom. The highest BCUT2D eigenvalue weighted by Gasteiger charge is 2.34. The molecule has 1 atom stereocenters. The van der Waals surface area contributed by atoms with Gasteiger partial charge in [-0.3, -0.25) is 4.21 Å². The SMILES string of the molecule is O=[S@@](CC(O)(c1ccc(Cl)cc1)c1ccc(Cl)cc1)c1ccc(Cl)cc1. The molecule has 0 aromatic heterocycles. The smallest absolute Gasteiger partial charge is 0.126 e. The molecule has 0 bridgehead atoms. The van der Waals surface area contributed by atoms with Gasteiger partial charge in [0.25, 0.3) is 0 Å². The van der Waals surface area contributed by atoms with Gasteiger partial charge in [-0.05, 0) is 59.7 Å². The summed E-state index contributed by atoms with van der Waals surface area (Å²) >= 11 is 17.8. The first kappa shape index (κ1) is 19.4. The van der Waals surface area contributed by atoms with E-state index < -0.39 is 16.4 Å². The molecule has 6 heteroatoms. The van der Waals surface area contributed by atoms with Gasteiger partial charge in [-0.1, -0.05) is 59.1 Å². The van der Waals surface area contributed by atoms with E-state index in [4.69, 9.17) is 34.8 Å². The fourth-order valence-corrected chi connectivity index (χ4v) is 4.34. The maximum Gasteiger partial charge on any atom is 0.126 e. The van der Waals surface area contributed by atoms with E-state index in [1.807, 2.05) is 0 Å². The molecule has 0 aliphatic rings. The van der Waals surface area contributed by atoms with Crippen molar-refractivity contribution in [1.82, 2.24) is 0 Å². The number of halogens is 3. The van der Waals surface area contributed by atoms with Crippen LogP contribution in [-0.2, 0) is 16.4 Å². The monoisotopic (exact) mass is 424 g/mol. The molecule has 0 heterocycles. The quantitative estimate of drug-likeness (QED) is 0.570. The van der Waals surface area contributed by atoms with E-state index in [1.165, 1.54) is 0 Å². The van der Waals surface area contributed by atoms with Gasteiger partial charge in [0.2, 0.25) is 0 Å². The highest BCUT2D eigenvalue weighted by Crippen LogP contribution is 2.33. The van der Waals surface area contributed by atoms with E-state index in [-0.39, 0.29) is 5.75 Å². The molecule has 0 aliphatic carbocycles. The van der Waals surface area contributed by atoms with Crippen LogP contribution in [0.5, 0.6) is 0 Å². The summed E-state index contributed by atoms with van der Waals surface area (Å²) in [5.41, 5.74) is -0.252. The standard InChI is InChI=1S/C20H15Cl3O2S/c21-16-5-1-14(2-6-16)20(24,15-3-7-17(22)8-4-15)13-26(25)19-11-9-18(23)10-12-19/h1-12,24H,13H2/t26-/m0/s1. The first-order chi connectivity index (χ1) is 12.4. The van der Waals surface area contributed by atoms with Crippen LogP contribution < -0.4 is 0 Å². The third-order valence-electron chi connectivity index (χ3n) is 4.06. The molecule has 0 amide bonds. The second-order valence-corrected chi connectivity index (χ2v) is 8.58. The molecule has 134 valence electrons. The lowest BCUT2D eigenvalue weighted by molar-refractivity contribution is 0.106. The van der Waals surface area contributed by atoms with Crippen molar-refractivity contribution < 1.29 is 9.32 Å². The summed E-state index contributed by atoms with van der Waals surface area (Å²) in [5, 5.41) is 13.2. The van der Waals surface area contributed by atoms with E-state index in [9.17, 15) is 9.32 Å². The molecule has 0 spiro atoms. The van der Waals surface area contributed by atoms with Crippen LogP contribution >= 0.6 is 34.8 Å². The second kappa shape index (κ2) is 8.12. The van der Waals surface area contributed by atoms with E-state index in [0.29, 0.717) is 31.1 Å². The van der Waals surface area contributed by atoms with Crippen LogP contribution in [0.15, 0.2) is 77.7 Å². The zero-order valence-corrected chi connectivity index (χ0v) is 16.6. The molecule has 3 rings (SSSR count). The minimum atomic E-state index is -1.46. The van der Waals surface area contributed by atoms with Crippen molar-refractivity contribution in [3.8, 4) is 0 Å². The van der Waals surface area contributed by atoms with Gasteiger partial charge in [-0.15, -0.1) is 0 Å². The van der Waals surface area contributed by atoms with Crippen molar-refractivity contribution in [2.45, 2.75) is 10.5 Å². The fourth-order valence-electron chi connectivity index (χ4n) is 2.64. The van der Waals surface area contributed by atoms with E-state index in [0.717, 1.165) is 0 Å². The number of rotatable bonds is 5. The molecule has 0 saturated heterocycles. The molecule has 26 heavy (non-hydrogen) atoms. The van der Waals surface area contributed by atoms with Gasteiger partial charge >= 0.3 is 0 Å². The van der Waals surface area contributed by atoms with E-state index in [1.54, 1.807) is 72.8 Å². The van der Waals surface area contributed by atoms with Crippen LogP contribution in [0.25, 0.3) is 0 Å². The van der Waals surface area contributed by atoms with Gasteiger partial charge in [-0.2, -0.15) is 0 Å². The zero-order valence-electron chi connectivity index (χ0n) is 13.5. The third kappa shape index (κ3) is 4.30. The zero-order chi connectivity index (χ0) is 18.7. The van der Waals surface area contributed by atoms with Crippen molar-refractivity contribution in [2.75, 3.05) is 5.75 Å². The van der Waals surface area contributed by atoms with Gasteiger partial charge in [0.15, 0.2) is 0 Å². The van der Waals surface area contributed by atoms with Crippen LogP contribution in [0.2, 0.25) is 15.1 Å². The van der Waals surface area contributed by atoms with Gasteiger partial charge in [0, 0.05) is 20.0 Å². The molecule has 0 aliphatic heterocycles. The lowest BCUT2D eigenvalue weighted by atomic mass is 9.88. The van der Waals surface area contributed by atoms with Crippen molar-refractivity contribution >= 4 is 45.6 Å². The molecular formula is C20H15Cl3O2S. The Labute approximate surface area is 169 Å². The molecule has 0 fully saturated rings. The number of benzene rings is 3. The van der Waals surface area contributed by atoms with Gasteiger partial charge in [-0.25, -0.2) is 0 Å². The van der Waals surface area contributed by atoms with Crippen LogP contribution in [0.4, 0.5) is 0 Å². The largest absolute Gasteiger partial charge is 0.379 e. The highest BCUT2D eigenvalue weighted by atomic mass is 35.5. The lowest BCUT2D eigenvalue weighted by Gasteiger charge is -2.29. The molecule has 3 aromatic rings. The Kier molecular flexibility index (Phi) is 6.06. The summed E-state index contributed by atoms with van der Waals surface area (Å²) in [6.45, 7) is 0. The Hall–Kier alpha value is -1.36.